The van der Waals surface area contributed by atoms with Crippen LogP contribution in [0.1, 0.15) is 16.1 Å². The Balaban J connectivity index is 1.58. The average Bonchev–Trinajstić information content (AvgIpc) is 3.38. The number of carbonyl (C=O) groups is 1. The quantitative estimate of drug-likeness (QED) is 0.369. The van der Waals surface area contributed by atoms with Gasteiger partial charge in [0, 0.05) is 17.5 Å². The molecule has 0 aliphatic carbocycles. The first-order chi connectivity index (χ1) is 14.7. The van der Waals surface area contributed by atoms with Gasteiger partial charge in [0.15, 0.2) is 0 Å². The maximum atomic E-state index is 11.8. The van der Waals surface area contributed by atoms with Gasteiger partial charge in [0.1, 0.15) is 11.4 Å². The minimum absolute atomic E-state index is 0.197. The molecule has 2 heterocycles. The first-order valence-electron chi connectivity index (χ1n) is 9.84. The fourth-order valence-corrected chi connectivity index (χ4v) is 3.79. The maximum absolute atomic E-state index is 11.8. The summed E-state index contributed by atoms with van der Waals surface area (Å²) in [5.41, 5.74) is 4.97. The van der Waals surface area contributed by atoms with Crippen LogP contribution in [0.4, 0.5) is 0 Å². The smallest absolute Gasteiger partial charge is 0.373 e. The molecule has 148 valence electrons. The molecule has 0 saturated carbocycles. The van der Waals surface area contributed by atoms with E-state index in [1.165, 1.54) is 12.7 Å². The number of furan rings is 1. The number of aryl methyl sites for hydroxylation is 2. The molecule has 0 radical (unpaired) electrons. The predicted molar refractivity (Wildman–Crippen MR) is 116 cm³/mol. The lowest BCUT2D eigenvalue weighted by atomic mass is 10.1. The van der Waals surface area contributed by atoms with E-state index in [-0.39, 0.29) is 5.76 Å². The third kappa shape index (κ3) is 3.24. The second kappa shape index (κ2) is 7.52. The normalized spacial score (nSPS) is 11.2. The fourth-order valence-electron chi connectivity index (χ4n) is 3.79. The number of rotatable bonds is 5. The number of nitrogens with zero attached hydrogens (tertiary/aromatic N) is 2. The summed E-state index contributed by atoms with van der Waals surface area (Å²) in [6.45, 7) is 0.816. The number of imidazole rings is 1. The van der Waals surface area contributed by atoms with Crippen molar-refractivity contribution in [3.05, 3.63) is 90.2 Å². The Morgan fingerprint density at radius 3 is 2.63 bits per heavy atom. The zero-order valence-corrected chi connectivity index (χ0v) is 16.5. The minimum Gasteiger partial charge on any atom is -0.463 e. The lowest BCUT2D eigenvalue weighted by Crippen LogP contribution is -2.03. The molecule has 0 aliphatic heterocycles. The lowest BCUT2D eigenvalue weighted by molar-refractivity contribution is 0.0567. The molecule has 5 heteroatoms. The van der Waals surface area contributed by atoms with Gasteiger partial charge < -0.3 is 13.7 Å². The van der Waals surface area contributed by atoms with Gasteiger partial charge in [-0.25, -0.2) is 9.78 Å². The van der Waals surface area contributed by atoms with Crippen LogP contribution in [-0.4, -0.2) is 22.6 Å². The number of esters is 1. The summed E-state index contributed by atoms with van der Waals surface area (Å²) in [6, 6.07) is 26.2. The Hall–Kier alpha value is -3.86. The van der Waals surface area contributed by atoms with Crippen molar-refractivity contribution in [3.63, 3.8) is 0 Å². The number of carbonyl (C=O) groups excluding carboxylic acids is 1. The van der Waals surface area contributed by atoms with Gasteiger partial charge >= 0.3 is 5.97 Å². The van der Waals surface area contributed by atoms with Gasteiger partial charge in [-0.1, -0.05) is 42.5 Å². The van der Waals surface area contributed by atoms with Crippen molar-refractivity contribution >= 4 is 28.0 Å². The number of aromatic nitrogens is 2. The summed E-state index contributed by atoms with van der Waals surface area (Å²) in [4.78, 5) is 16.7. The summed E-state index contributed by atoms with van der Waals surface area (Å²) in [7, 11) is 1.34. The first kappa shape index (κ1) is 18.2. The summed E-state index contributed by atoms with van der Waals surface area (Å²) >= 11 is 0. The van der Waals surface area contributed by atoms with Crippen LogP contribution in [0.3, 0.4) is 0 Å². The standard InChI is InChI=1S/C25H20N2O3/c1-29-25(28)23-16-19-15-18(11-12-22(19)30-23)24-26-20-9-5-6-10-21(20)27(24)14-13-17-7-3-2-4-8-17/h2-12,15-16H,13-14H2,1H3. The van der Waals surface area contributed by atoms with Crippen LogP contribution in [0.25, 0.3) is 33.4 Å². The van der Waals surface area contributed by atoms with E-state index in [2.05, 4.69) is 34.9 Å². The molecule has 30 heavy (non-hydrogen) atoms. The topological polar surface area (TPSA) is 57.3 Å². The highest BCUT2D eigenvalue weighted by Crippen LogP contribution is 2.29. The average molecular weight is 396 g/mol. The van der Waals surface area contributed by atoms with Crippen LogP contribution < -0.4 is 0 Å². The Morgan fingerprint density at radius 1 is 1.00 bits per heavy atom. The van der Waals surface area contributed by atoms with Crippen molar-refractivity contribution in [1.29, 1.82) is 0 Å². The molecule has 5 rings (SSSR count). The molecule has 0 spiro atoms. The molecule has 0 saturated heterocycles. The van der Waals surface area contributed by atoms with Crippen molar-refractivity contribution < 1.29 is 13.9 Å². The van der Waals surface area contributed by atoms with E-state index < -0.39 is 5.97 Å². The third-order valence-electron chi connectivity index (χ3n) is 5.28. The summed E-state index contributed by atoms with van der Waals surface area (Å²) in [5.74, 6) is 0.611. The van der Waals surface area contributed by atoms with Gasteiger partial charge in [-0.05, 0) is 48.4 Å². The molecule has 0 fully saturated rings. The van der Waals surface area contributed by atoms with E-state index >= 15 is 0 Å². The fraction of sp³-hybridized carbons (Fsp3) is 0.120. The van der Waals surface area contributed by atoms with Crippen LogP contribution in [-0.2, 0) is 17.7 Å². The Labute approximate surface area is 173 Å². The van der Waals surface area contributed by atoms with Gasteiger partial charge in [0.2, 0.25) is 5.76 Å². The number of hydrogen-bond donors (Lipinski definition) is 0. The first-order valence-corrected chi connectivity index (χ1v) is 9.84. The number of para-hydroxylation sites is 2. The molecule has 0 N–H and O–H groups in total. The largest absolute Gasteiger partial charge is 0.463 e. The van der Waals surface area contributed by atoms with Crippen molar-refractivity contribution in [2.75, 3.05) is 7.11 Å². The van der Waals surface area contributed by atoms with Crippen LogP contribution in [0.2, 0.25) is 0 Å². The highest BCUT2D eigenvalue weighted by atomic mass is 16.5. The van der Waals surface area contributed by atoms with Gasteiger partial charge in [-0.15, -0.1) is 0 Å². The van der Waals surface area contributed by atoms with Crippen LogP contribution in [0.5, 0.6) is 0 Å². The molecule has 0 unspecified atom stereocenters. The van der Waals surface area contributed by atoms with E-state index in [9.17, 15) is 4.79 Å². The molecule has 0 atom stereocenters. The van der Waals surface area contributed by atoms with Gasteiger partial charge in [-0.3, -0.25) is 0 Å². The Bertz CT molecular complexity index is 1350. The predicted octanol–water partition coefficient (Wildman–Crippen LogP) is 5.48. The molecule has 5 aromatic rings. The zero-order chi connectivity index (χ0) is 20.5. The second-order valence-corrected chi connectivity index (χ2v) is 7.17. The molecule has 0 amide bonds. The number of benzene rings is 3. The highest BCUT2D eigenvalue weighted by Gasteiger charge is 2.16. The molecular formula is C25H20N2O3. The molecule has 0 bridgehead atoms. The molecule has 2 aromatic heterocycles. The van der Waals surface area contributed by atoms with Crippen LogP contribution in [0, 0.1) is 0 Å². The maximum Gasteiger partial charge on any atom is 0.373 e. The summed E-state index contributed by atoms with van der Waals surface area (Å²) < 4.78 is 12.6. The molecular weight excluding hydrogens is 376 g/mol. The lowest BCUT2D eigenvalue weighted by Gasteiger charge is -2.10. The molecule has 3 aromatic carbocycles. The van der Waals surface area contributed by atoms with E-state index in [4.69, 9.17) is 14.1 Å². The van der Waals surface area contributed by atoms with Gasteiger partial charge in [0.25, 0.3) is 0 Å². The second-order valence-electron chi connectivity index (χ2n) is 7.17. The molecule has 0 aliphatic rings. The van der Waals surface area contributed by atoms with Crippen LogP contribution >= 0.6 is 0 Å². The van der Waals surface area contributed by atoms with E-state index in [0.717, 1.165) is 40.8 Å². The van der Waals surface area contributed by atoms with Crippen molar-refractivity contribution in [3.8, 4) is 11.4 Å². The number of ether oxygens (including phenoxy) is 1. The van der Waals surface area contributed by atoms with E-state index in [0.29, 0.717) is 5.58 Å². The summed E-state index contributed by atoms with van der Waals surface area (Å²) in [5, 5.41) is 0.842. The Kier molecular flexibility index (Phi) is 4.56. The SMILES string of the molecule is COC(=O)c1cc2cc(-c3nc4ccccc4n3CCc3ccccc3)ccc2o1. The highest BCUT2D eigenvalue weighted by molar-refractivity contribution is 5.94. The zero-order valence-electron chi connectivity index (χ0n) is 16.5. The van der Waals surface area contributed by atoms with Crippen molar-refractivity contribution in [2.24, 2.45) is 0 Å². The minimum atomic E-state index is -0.483. The Morgan fingerprint density at radius 2 is 1.80 bits per heavy atom. The third-order valence-corrected chi connectivity index (χ3v) is 5.28. The summed E-state index contributed by atoms with van der Waals surface area (Å²) in [6.07, 6.45) is 0.911. The van der Waals surface area contributed by atoms with Crippen molar-refractivity contribution in [1.82, 2.24) is 9.55 Å². The van der Waals surface area contributed by atoms with E-state index in [1.54, 1.807) is 6.07 Å². The van der Waals surface area contributed by atoms with Crippen LogP contribution in [0.15, 0.2) is 83.3 Å². The van der Waals surface area contributed by atoms with Gasteiger partial charge in [-0.2, -0.15) is 0 Å². The monoisotopic (exact) mass is 396 g/mol. The van der Waals surface area contributed by atoms with E-state index in [1.807, 2.05) is 42.5 Å². The van der Waals surface area contributed by atoms with Gasteiger partial charge in [0.05, 0.1) is 18.1 Å². The number of hydrogen-bond acceptors (Lipinski definition) is 4. The molecule has 5 nitrogen and oxygen atoms in total. The number of fused-ring (bicyclic) bond motifs is 2. The van der Waals surface area contributed by atoms with Crippen molar-refractivity contribution in [2.45, 2.75) is 13.0 Å². The number of methoxy groups -OCH3 is 1.